The van der Waals surface area contributed by atoms with Crippen LogP contribution in [0.4, 0.5) is 17.6 Å². The van der Waals surface area contributed by atoms with Crippen molar-refractivity contribution >= 4 is 0 Å². The van der Waals surface area contributed by atoms with Crippen LogP contribution in [0, 0.1) is 17.6 Å². The third-order valence-corrected chi connectivity index (χ3v) is 3.29. The summed E-state index contributed by atoms with van der Waals surface area (Å²) in [6.45, 7) is 1.41. The maximum atomic E-state index is 13.9. The van der Waals surface area contributed by atoms with Crippen LogP contribution in [0.3, 0.4) is 0 Å². The molecule has 1 aromatic carbocycles. The molecule has 0 amide bonds. The molecule has 100 valence electrons. The first-order valence-electron chi connectivity index (χ1n) is 6.03. The van der Waals surface area contributed by atoms with Gasteiger partial charge in [-0.15, -0.1) is 0 Å². The van der Waals surface area contributed by atoms with Gasteiger partial charge in [-0.25, -0.2) is 17.6 Å². The Morgan fingerprint density at radius 1 is 1.22 bits per heavy atom. The lowest BCUT2D eigenvalue weighted by Gasteiger charge is -2.27. The third-order valence-electron chi connectivity index (χ3n) is 3.29. The highest BCUT2D eigenvalue weighted by Crippen LogP contribution is 2.36. The summed E-state index contributed by atoms with van der Waals surface area (Å²) in [7, 11) is 0. The molecular weight excluding hydrogens is 246 g/mol. The zero-order chi connectivity index (χ0) is 13.2. The zero-order valence-corrected chi connectivity index (χ0v) is 9.86. The van der Waals surface area contributed by atoms with Gasteiger partial charge in [0.05, 0.1) is 0 Å². The van der Waals surface area contributed by atoms with E-state index < -0.39 is 23.1 Å². The summed E-state index contributed by atoms with van der Waals surface area (Å²) >= 11 is 0. The van der Waals surface area contributed by atoms with E-state index in [1.54, 1.807) is 0 Å². The fourth-order valence-corrected chi connectivity index (χ4v) is 2.30. The van der Waals surface area contributed by atoms with E-state index in [0.717, 1.165) is 31.5 Å². The van der Waals surface area contributed by atoms with Gasteiger partial charge < -0.3 is 5.32 Å². The highest BCUT2D eigenvalue weighted by atomic mass is 19.3. The molecular formula is C13H15F4N. The number of halogens is 4. The molecule has 0 aromatic heterocycles. The summed E-state index contributed by atoms with van der Waals surface area (Å²) in [5.74, 6) is -5.57. The van der Waals surface area contributed by atoms with Crippen molar-refractivity contribution in [3.63, 3.8) is 0 Å². The summed E-state index contributed by atoms with van der Waals surface area (Å²) in [5.41, 5.74) is -0.452. The highest BCUT2D eigenvalue weighted by molar-refractivity contribution is 5.22. The van der Waals surface area contributed by atoms with Gasteiger partial charge >= 0.3 is 0 Å². The van der Waals surface area contributed by atoms with Crippen LogP contribution in [0.25, 0.3) is 0 Å². The molecule has 1 aromatic rings. The molecule has 1 saturated heterocycles. The van der Waals surface area contributed by atoms with Gasteiger partial charge in [0.15, 0.2) is 11.6 Å². The summed E-state index contributed by atoms with van der Waals surface area (Å²) in [6.07, 6.45) is 1.29. The summed E-state index contributed by atoms with van der Waals surface area (Å²) in [4.78, 5) is 0. The van der Waals surface area contributed by atoms with Gasteiger partial charge in [0.25, 0.3) is 5.92 Å². The predicted octanol–water partition coefficient (Wildman–Crippen LogP) is 3.45. The normalized spacial score (nSPS) is 21.0. The molecule has 1 aliphatic rings. The van der Waals surface area contributed by atoms with E-state index in [4.69, 9.17) is 0 Å². The summed E-state index contributed by atoms with van der Waals surface area (Å²) < 4.78 is 53.6. The quantitative estimate of drug-likeness (QED) is 0.822. The molecule has 1 aliphatic heterocycles. The van der Waals surface area contributed by atoms with Crippen molar-refractivity contribution in [2.75, 3.05) is 13.1 Å². The molecule has 1 nitrogen and oxygen atoms in total. The zero-order valence-electron chi connectivity index (χ0n) is 9.86. The number of benzene rings is 1. The van der Waals surface area contributed by atoms with Gasteiger partial charge in [-0.05, 0) is 50.0 Å². The minimum absolute atomic E-state index is 0.123. The van der Waals surface area contributed by atoms with Crippen molar-refractivity contribution in [2.24, 2.45) is 5.92 Å². The van der Waals surface area contributed by atoms with E-state index in [9.17, 15) is 17.6 Å². The number of alkyl halides is 2. The SMILES string of the molecule is Fc1ccc(C(F)(F)CC2CCCNC2)cc1F. The molecule has 0 bridgehead atoms. The van der Waals surface area contributed by atoms with Gasteiger partial charge in [-0.3, -0.25) is 0 Å². The van der Waals surface area contributed by atoms with Crippen molar-refractivity contribution in [1.82, 2.24) is 5.32 Å². The topological polar surface area (TPSA) is 12.0 Å². The van der Waals surface area contributed by atoms with Crippen molar-refractivity contribution in [2.45, 2.75) is 25.2 Å². The average molecular weight is 261 g/mol. The first-order valence-corrected chi connectivity index (χ1v) is 6.03. The number of hydrogen-bond donors (Lipinski definition) is 1. The Morgan fingerprint density at radius 2 is 2.00 bits per heavy atom. The largest absolute Gasteiger partial charge is 0.316 e. The van der Waals surface area contributed by atoms with Crippen LogP contribution in [0.2, 0.25) is 0 Å². The minimum atomic E-state index is -3.11. The smallest absolute Gasteiger partial charge is 0.273 e. The summed E-state index contributed by atoms with van der Waals surface area (Å²) in [6, 6.07) is 2.29. The van der Waals surface area contributed by atoms with Gasteiger partial charge in [0.2, 0.25) is 0 Å². The fraction of sp³-hybridized carbons (Fsp3) is 0.538. The number of piperidine rings is 1. The lowest BCUT2D eigenvalue weighted by molar-refractivity contribution is -0.0320. The molecule has 5 heteroatoms. The van der Waals surface area contributed by atoms with Gasteiger partial charge in [0, 0.05) is 12.0 Å². The fourth-order valence-electron chi connectivity index (χ4n) is 2.30. The van der Waals surface area contributed by atoms with E-state index >= 15 is 0 Å². The molecule has 1 N–H and O–H groups in total. The molecule has 0 aliphatic carbocycles. The Balaban J connectivity index is 2.10. The number of rotatable bonds is 3. The van der Waals surface area contributed by atoms with E-state index in [2.05, 4.69) is 5.32 Å². The second-order valence-electron chi connectivity index (χ2n) is 4.75. The van der Waals surface area contributed by atoms with Crippen molar-refractivity contribution in [3.05, 3.63) is 35.4 Å². The molecule has 1 heterocycles. The van der Waals surface area contributed by atoms with Crippen molar-refractivity contribution < 1.29 is 17.6 Å². The Bertz CT molecular complexity index is 413. The van der Waals surface area contributed by atoms with E-state index in [-0.39, 0.29) is 12.3 Å². The molecule has 1 fully saturated rings. The van der Waals surface area contributed by atoms with E-state index in [1.165, 1.54) is 0 Å². The van der Waals surface area contributed by atoms with Gasteiger partial charge in [-0.1, -0.05) is 0 Å². The van der Waals surface area contributed by atoms with Crippen molar-refractivity contribution in [3.8, 4) is 0 Å². The maximum absolute atomic E-state index is 13.9. The summed E-state index contributed by atoms with van der Waals surface area (Å²) in [5, 5.41) is 3.06. The van der Waals surface area contributed by atoms with Crippen LogP contribution in [-0.2, 0) is 5.92 Å². The van der Waals surface area contributed by atoms with Crippen LogP contribution >= 0.6 is 0 Å². The van der Waals surface area contributed by atoms with Crippen LogP contribution in [0.1, 0.15) is 24.8 Å². The Labute approximate surface area is 103 Å². The number of hydrogen-bond acceptors (Lipinski definition) is 1. The van der Waals surface area contributed by atoms with E-state index in [1.807, 2.05) is 0 Å². The van der Waals surface area contributed by atoms with Crippen LogP contribution in [0.5, 0.6) is 0 Å². The Hall–Kier alpha value is -1.10. The third kappa shape index (κ3) is 3.02. The van der Waals surface area contributed by atoms with Crippen LogP contribution in [-0.4, -0.2) is 13.1 Å². The standard InChI is InChI=1S/C13H15F4N/c14-11-4-3-10(6-12(11)15)13(16,17)7-9-2-1-5-18-8-9/h3-4,6,9,18H,1-2,5,7-8H2. The molecule has 1 atom stereocenters. The van der Waals surface area contributed by atoms with Crippen LogP contribution in [0.15, 0.2) is 18.2 Å². The second kappa shape index (κ2) is 5.26. The maximum Gasteiger partial charge on any atom is 0.273 e. The molecule has 0 saturated carbocycles. The highest BCUT2D eigenvalue weighted by Gasteiger charge is 2.35. The molecule has 18 heavy (non-hydrogen) atoms. The van der Waals surface area contributed by atoms with Gasteiger partial charge in [-0.2, -0.15) is 0 Å². The van der Waals surface area contributed by atoms with Crippen LogP contribution < -0.4 is 5.32 Å². The number of nitrogens with one attached hydrogen (secondary N) is 1. The molecule has 2 rings (SSSR count). The minimum Gasteiger partial charge on any atom is -0.316 e. The predicted molar refractivity (Wildman–Crippen MR) is 60.5 cm³/mol. The lowest BCUT2D eigenvalue weighted by atomic mass is 9.90. The van der Waals surface area contributed by atoms with E-state index in [0.29, 0.717) is 12.6 Å². The average Bonchev–Trinajstić information content (AvgIpc) is 2.33. The Morgan fingerprint density at radius 3 is 2.61 bits per heavy atom. The first-order chi connectivity index (χ1) is 8.49. The molecule has 0 spiro atoms. The molecule has 1 unspecified atom stereocenters. The first kappa shape index (κ1) is 13.3. The monoisotopic (exact) mass is 261 g/mol. The van der Waals surface area contributed by atoms with Gasteiger partial charge in [0.1, 0.15) is 0 Å². The van der Waals surface area contributed by atoms with Crippen molar-refractivity contribution in [1.29, 1.82) is 0 Å². The second-order valence-corrected chi connectivity index (χ2v) is 4.75. The molecule has 0 radical (unpaired) electrons. The Kier molecular flexibility index (Phi) is 3.90. The lowest BCUT2D eigenvalue weighted by Crippen LogP contribution is -2.33.